The average Bonchev–Trinajstić information content (AvgIpc) is 2.92. The van der Waals surface area contributed by atoms with E-state index in [1.165, 1.54) is 11.1 Å². The second kappa shape index (κ2) is 13.3. The molecule has 3 nitrogen and oxygen atoms in total. The molecular weight excluding hydrogens is 519 g/mol. The Kier molecular flexibility index (Phi) is 10.4. The maximum atomic E-state index is 13.2. The van der Waals surface area contributed by atoms with Crippen molar-refractivity contribution in [2.45, 2.75) is 40.5 Å². The molecule has 5 heteroatoms. The normalized spacial score (nSPS) is 14.1. The van der Waals surface area contributed by atoms with E-state index >= 15 is 0 Å². The maximum absolute atomic E-state index is 13.2. The molecule has 3 aromatic rings. The Balaban J connectivity index is 2.21. The first-order valence-corrected chi connectivity index (χ1v) is 17.5. The van der Waals surface area contributed by atoms with Crippen LogP contribution in [0, 0.1) is 0 Å². The van der Waals surface area contributed by atoms with Crippen molar-refractivity contribution in [3.8, 4) is 0 Å². The molecule has 0 amide bonds. The van der Waals surface area contributed by atoms with Crippen LogP contribution in [0.4, 0.5) is 0 Å². The van der Waals surface area contributed by atoms with Crippen molar-refractivity contribution in [1.82, 2.24) is 0 Å². The van der Waals surface area contributed by atoms with Gasteiger partial charge in [-0.15, -0.1) is 0 Å². The third-order valence-electron chi connectivity index (χ3n) is 6.80. The van der Waals surface area contributed by atoms with Gasteiger partial charge in [0, 0.05) is 0 Å². The molecule has 3 rings (SSSR count). The Morgan fingerprint density at radius 1 is 0.744 bits per heavy atom. The van der Waals surface area contributed by atoms with Crippen molar-refractivity contribution in [1.29, 1.82) is 0 Å². The summed E-state index contributed by atoms with van der Waals surface area (Å²) in [5, 5.41) is 2.61. The Morgan fingerprint density at radius 3 is 1.62 bits per heavy atom. The standard InChI is InChI=1S/C34H41O3PS/c1-29(2)17-15-18-30(3)19-16-20-31(4)27-28-38(37-39(5,35)36,32-21-9-6-10-22-32,33-23-11-7-12-24-33)34-25-13-8-14-26-34/h6-14,16-17,19-27H,15,18,28H2,1-5H3. The zero-order valence-corrected chi connectivity index (χ0v) is 25.5. The molecule has 0 radical (unpaired) electrons. The Hall–Kier alpha value is -3.04. The van der Waals surface area contributed by atoms with Gasteiger partial charge in [-0.2, -0.15) is 0 Å². The molecule has 0 aliphatic rings. The van der Waals surface area contributed by atoms with E-state index in [4.69, 9.17) is 3.97 Å². The van der Waals surface area contributed by atoms with Gasteiger partial charge < -0.3 is 0 Å². The monoisotopic (exact) mass is 560 g/mol. The van der Waals surface area contributed by atoms with Crippen molar-refractivity contribution in [3.63, 3.8) is 0 Å². The molecule has 0 aliphatic heterocycles. The molecule has 0 aliphatic carbocycles. The van der Waals surface area contributed by atoms with Gasteiger partial charge in [-0.05, 0) is 0 Å². The molecule has 0 bridgehead atoms. The molecule has 0 aromatic heterocycles. The van der Waals surface area contributed by atoms with Gasteiger partial charge >= 0.3 is 236 Å². The molecule has 0 saturated carbocycles. The summed E-state index contributed by atoms with van der Waals surface area (Å²) < 4.78 is 32.9. The van der Waals surface area contributed by atoms with Gasteiger partial charge in [-0.25, -0.2) is 0 Å². The van der Waals surface area contributed by atoms with E-state index in [9.17, 15) is 8.42 Å². The molecule has 0 spiro atoms. The summed E-state index contributed by atoms with van der Waals surface area (Å²) in [5.74, 6) is 0. The van der Waals surface area contributed by atoms with Gasteiger partial charge in [-0.3, -0.25) is 0 Å². The molecule has 206 valence electrons. The van der Waals surface area contributed by atoms with Gasteiger partial charge in [0.2, 0.25) is 0 Å². The molecule has 0 unspecified atom stereocenters. The van der Waals surface area contributed by atoms with E-state index in [-0.39, 0.29) is 0 Å². The summed E-state index contributed by atoms with van der Waals surface area (Å²) in [5.41, 5.74) is 3.69. The van der Waals surface area contributed by atoms with Crippen molar-refractivity contribution in [3.05, 3.63) is 138 Å². The van der Waals surface area contributed by atoms with Gasteiger partial charge in [0.05, 0.1) is 0 Å². The molecular formula is C34H41O3PS. The minimum absolute atomic E-state index is 0.399. The van der Waals surface area contributed by atoms with Crippen molar-refractivity contribution >= 4 is 32.9 Å². The fourth-order valence-electron chi connectivity index (χ4n) is 4.87. The van der Waals surface area contributed by atoms with E-state index in [1.807, 2.05) is 91.0 Å². The quantitative estimate of drug-likeness (QED) is 0.130. The number of allylic oxidation sites excluding steroid dienone is 8. The number of benzene rings is 3. The van der Waals surface area contributed by atoms with Gasteiger partial charge in [0.15, 0.2) is 0 Å². The molecule has 39 heavy (non-hydrogen) atoms. The Morgan fingerprint density at radius 2 is 1.21 bits per heavy atom. The second-order valence-corrected chi connectivity index (χ2v) is 16.7. The zero-order chi connectivity index (χ0) is 28.4. The third kappa shape index (κ3) is 7.54. The number of rotatable bonds is 12. The second-order valence-electron chi connectivity index (χ2n) is 10.3. The summed E-state index contributed by atoms with van der Waals surface area (Å²) in [6.07, 6.45) is 14.3. The van der Waals surface area contributed by atoms with Crippen molar-refractivity contribution in [2.24, 2.45) is 0 Å². The van der Waals surface area contributed by atoms with Crippen molar-refractivity contribution < 1.29 is 12.4 Å². The van der Waals surface area contributed by atoms with Crippen LogP contribution in [0.2, 0.25) is 0 Å². The minimum atomic E-state index is -4.01. The summed E-state index contributed by atoms with van der Waals surface area (Å²) >= 11 is 0. The molecule has 0 fully saturated rings. The third-order valence-corrected chi connectivity index (χ3v) is 14.2. The Labute approximate surface area is 235 Å². The molecule has 3 aromatic carbocycles. The molecule has 0 heterocycles. The van der Waals surface area contributed by atoms with Crippen molar-refractivity contribution in [2.75, 3.05) is 12.4 Å². The summed E-state index contributed by atoms with van der Waals surface area (Å²) in [7, 11) is -3.88. The van der Waals surface area contributed by atoms with Crippen LogP contribution in [0.5, 0.6) is 0 Å². The van der Waals surface area contributed by atoms with Gasteiger partial charge in [0.1, 0.15) is 0 Å². The van der Waals surface area contributed by atoms with E-state index in [1.54, 1.807) is 0 Å². The first-order chi connectivity index (χ1) is 18.6. The van der Waals surface area contributed by atoms with Gasteiger partial charge in [-0.1, -0.05) is 0 Å². The number of hydrogen-bond acceptors (Lipinski definition) is 3. The van der Waals surface area contributed by atoms with Crippen LogP contribution in [0.1, 0.15) is 40.5 Å². The van der Waals surface area contributed by atoms with E-state index in [2.05, 4.69) is 58.1 Å². The zero-order valence-electron chi connectivity index (χ0n) is 23.7. The van der Waals surface area contributed by atoms with Crippen LogP contribution in [0.15, 0.2) is 138 Å². The topological polar surface area (TPSA) is 43.4 Å². The predicted molar refractivity (Wildman–Crippen MR) is 171 cm³/mol. The van der Waals surface area contributed by atoms with Crippen LogP contribution in [-0.4, -0.2) is 20.8 Å². The van der Waals surface area contributed by atoms with E-state index in [0.29, 0.717) is 6.16 Å². The molecule has 0 atom stereocenters. The summed E-state index contributed by atoms with van der Waals surface area (Å²) in [6, 6.07) is 29.6. The molecule has 0 N–H and O–H groups in total. The van der Waals surface area contributed by atoms with Crippen LogP contribution >= 0.6 is 6.83 Å². The van der Waals surface area contributed by atoms with E-state index < -0.39 is 16.9 Å². The first kappa shape index (κ1) is 30.5. The van der Waals surface area contributed by atoms with Crippen LogP contribution in [-0.2, 0) is 14.1 Å². The SMILES string of the molecule is CC(C)=CCCC(C)=CC=CC(C)=CCP(OS(C)(=O)=O)(c1ccccc1)(c1ccccc1)c1ccccc1. The first-order valence-electron chi connectivity index (χ1n) is 13.3. The van der Waals surface area contributed by atoms with Crippen LogP contribution in [0.25, 0.3) is 0 Å². The molecule has 0 saturated heterocycles. The number of hydrogen-bond donors (Lipinski definition) is 0. The average molecular weight is 561 g/mol. The van der Waals surface area contributed by atoms with Crippen LogP contribution < -0.4 is 15.9 Å². The predicted octanol–water partition coefficient (Wildman–Crippen LogP) is 7.60. The van der Waals surface area contributed by atoms with Gasteiger partial charge in [0.25, 0.3) is 0 Å². The fourth-order valence-corrected chi connectivity index (χ4v) is 13.1. The van der Waals surface area contributed by atoms with E-state index in [0.717, 1.165) is 40.6 Å². The van der Waals surface area contributed by atoms with Crippen LogP contribution in [0.3, 0.4) is 0 Å². The fraction of sp³-hybridized carbons (Fsp3) is 0.235. The summed E-state index contributed by atoms with van der Waals surface area (Å²) in [4.78, 5) is 0. The Bertz CT molecular complexity index is 1350. The summed E-state index contributed by atoms with van der Waals surface area (Å²) in [6.45, 7) is 4.43.